The van der Waals surface area contributed by atoms with Crippen molar-refractivity contribution in [3.8, 4) is 0 Å². The lowest BCUT2D eigenvalue weighted by atomic mass is 10.2. The number of hydrogen-bond acceptors (Lipinski definition) is 1. The maximum atomic E-state index is 6.02. The summed E-state index contributed by atoms with van der Waals surface area (Å²) < 4.78 is 6.02. The molecule has 0 amide bonds. The van der Waals surface area contributed by atoms with Crippen LogP contribution in [-0.4, -0.2) is 30.3 Å². The lowest BCUT2D eigenvalue weighted by Gasteiger charge is -2.23. The maximum absolute atomic E-state index is 6.02. The lowest BCUT2D eigenvalue weighted by Crippen LogP contribution is -2.32. The molecule has 0 saturated heterocycles. The van der Waals surface area contributed by atoms with Gasteiger partial charge in [0.2, 0.25) is 0 Å². The monoisotopic (exact) mass is 336 g/mol. The van der Waals surface area contributed by atoms with Gasteiger partial charge < -0.3 is 4.43 Å². The van der Waals surface area contributed by atoms with Crippen LogP contribution in [0.1, 0.15) is 25.7 Å². The van der Waals surface area contributed by atoms with Crippen molar-refractivity contribution in [1.82, 2.24) is 0 Å². The fraction of sp³-hybridized carbons (Fsp3) is 1.00. The predicted octanol–water partition coefficient (Wildman–Crippen LogP) is 3.75. The van der Waals surface area contributed by atoms with Gasteiger partial charge in [-0.2, -0.15) is 0 Å². The molecule has 0 aromatic carbocycles. The first-order valence-electron chi connectivity index (χ1n) is 5.85. The Hall–Kier alpha value is 1.48. The Kier molecular flexibility index (Phi) is 8.54. The first-order chi connectivity index (χ1) is 7.10. The molecule has 16 heavy (non-hydrogen) atoms. The topological polar surface area (TPSA) is 9.23 Å². The van der Waals surface area contributed by atoms with Crippen molar-refractivity contribution in [3.63, 3.8) is 0 Å². The van der Waals surface area contributed by atoms with E-state index in [0.29, 0.717) is 5.73 Å². The molecule has 1 nitrogen and oxygen atoms in total. The minimum absolute atomic E-state index is 0.511. The van der Waals surface area contributed by atoms with Gasteiger partial charge in [-0.05, 0) is 32.1 Å². The van der Waals surface area contributed by atoms with E-state index in [0.717, 1.165) is 29.1 Å². The molecule has 0 aliphatic heterocycles. The molecule has 0 bridgehead atoms. The van der Waals surface area contributed by atoms with Crippen LogP contribution in [0.4, 0.5) is 0 Å². The SMILES string of the molecule is C[Si](C)(C)OC([SiH3])CCCCC[Si](Cl)(Cl)Cl. The van der Waals surface area contributed by atoms with Gasteiger partial charge in [0.15, 0.2) is 8.32 Å². The Morgan fingerprint density at radius 2 is 1.62 bits per heavy atom. The summed E-state index contributed by atoms with van der Waals surface area (Å²) in [4.78, 5) is 0. The fourth-order valence-electron chi connectivity index (χ4n) is 1.60. The Morgan fingerprint density at radius 3 is 2.06 bits per heavy atom. The van der Waals surface area contributed by atoms with Crippen LogP contribution in [0.15, 0.2) is 0 Å². The van der Waals surface area contributed by atoms with Gasteiger partial charge >= 0.3 is 6.00 Å². The highest BCUT2D eigenvalue weighted by Gasteiger charge is 2.23. The third kappa shape index (κ3) is 13.5. The van der Waals surface area contributed by atoms with E-state index >= 15 is 0 Å². The van der Waals surface area contributed by atoms with Gasteiger partial charge in [0.25, 0.3) is 0 Å². The van der Waals surface area contributed by atoms with Crippen molar-refractivity contribution in [2.45, 2.75) is 57.1 Å². The van der Waals surface area contributed by atoms with Crippen LogP contribution in [0.5, 0.6) is 0 Å². The summed E-state index contributed by atoms with van der Waals surface area (Å²) in [5.41, 5.74) is 0.511. The minimum Gasteiger partial charge on any atom is -0.419 e. The molecule has 0 fully saturated rings. The highest BCUT2D eigenvalue weighted by Crippen LogP contribution is 2.27. The molecule has 98 valence electrons. The maximum Gasteiger partial charge on any atom is 0.341 e. The summed E-state index contributed by atoms with van der Waals surface area (Å²) in [7, 11) is -0.218. The largest absolute Gasteiger partial charge is 0.419 e. The molecular formula is C9H23Cl3OSi3. The minimum atomic E-state index is -2.37. The van der Waals surface area contributed by atoms with Gasteiger partial charge in [-0.1, -0.05) is 19.3 Å². The number of unbranched alkanes of at least 4 members (excludes halogenated alkanes) is 2. The Bertz CT molecular complexity index is 191. The molecule has 1 atom stereocenters. The van der Waals surface area contributed by atoms with Crippen molar-refractivity contribution < 1.29 is 4.43 Å². The van der Waals surface area contributed by atoms with Gasteiger partial charge in [0.05, 0.1) is 0 Å². The molecule has 0 aromatic heterocycles. The molecule has 0 rings (SSSR count). The van der Waals surface area contributed by atoms with E-state index in [1.165, 1.54) is 12.8 Å². The molecular weight excluding hydrogens is 315 g/mol. The van der Waals surface area contributed by atoms with Gasteiger partial charge in [-0.3, -0.25) is 0 Å². The molecule has 7 heteroatoms. The quantitative estimate of drug-likeness (QED) is 0.372. The summed E-state index contributed by atoms with van der Waals surface area (Å²) >= 11 is 17.5. The van der Waals surface area contributed by atoms with E-state index in [2.05, 4.69) is 19.6 Å². The zero-order valence-corrected chi connectivity index (χ0v) is 16.9. The third-order valence-corrected chi connectivity index (χ3v) is 7.14. The van der Waals surface area contributed by atoms with Crippen molar-refractivity contribution in [1.29, 1.82) is 0 Å². The number of rotatable bonds is 8. The normalized spacial score (nSPS) is 15.4. The van der Waals surface area contributed by atoms with Crippen molar-refractivity contribution in [3.05, 3.63) is 0 Å². The van der Waals surface area contributed by atoms with Gasteiger partial charge in [0, 0.05) is 16.0 Å². The van der Waals surface area contributed by atoms with Crippen molar-refractivity contribution in [2.24, 2.45) is 0 Å². The number of halogens is 3. The first kappa shape index (κ1) is 17.5. The molecule has 1 unspecified atom stereocenters. The molecule has 0 N–H and O–H groups in total. The third-order valence-electron chi connectivity index (χ3n) is 2.13. The number of hydrogen-bond donors (Lipinski definition) is 0. The zero-order chi connectivity index (χ0) is 12.8. The molecule has 0 radical (unpaired) electrons. The summed E-state index contributed by atoms with van der Waals surface area (Å²) in [6, 6.07) is -1.58. The zero-order valence-electron chi connectivity index (χ0n) is 10.7. The van der Waals surface area contributed by atoms with E-state index in [1.807, 2.05) is 0 Å². The van der Waals surface area contributed by atoms with Crippen LogP contribution in [0.2, 0.25) is 25.7 Å². The average Bonchev–Trinajstić information content (AvgIpc) is 1.97. The molecule has 0 aliphatic carbocycles. The van der Waals surface area contributed by atoms with E-state index < -0.39 is 14.3 Å². The second-order valence-electron chi connectivity index (χ2n) is 5.26. The summed E-state index contributed by atoms with van der Waals surface area (Å²) in [6.45, 7) is 6.73. The van der Waals surface area contributed by atoms with Gasteiger partial charge in [-0.15, -0.1) is 33.2 Å². The Morgan fingerprint density at radius 1 is 1.06 bits per heavy atom. The van der Waals surface area contributed by atoms with Gasteiger partial charge in [-0.25, -0.2) is 0 Å². The molecule has 0 saturated carbocycles. The molecule has 0 aromatic rings. The van der Waals surface area contributed by atoms with Crippen LogP contribution < -0.4 is 0 Å². The van der Waals surface area contributed by atoms with Crippen LogP contribution in [0.3, 0.4) is 0 Å². The van der Waals surface area contributed by atoms with E-state index in [4.69, 9.17) is 37.7 Å². The van der Waals surface area contributed by atoms with Crippen LogP contribution >= 0.6 is 33.2 Å². The molecule has 0 spiro atoms. The van der Waals surface area contributed by atoms with Crippen LogP contribution in [0, 0.1) is 0 Å². The smallest absolute Gasteiger partial charge is 0.341 e. The first-order valence-corrected chi connectivity index (χ1v) is 15.7. The van der Waals surface area contributed by atoms with E-state index in [1.54, 1.807) is 0 Å². The highest BCUT2D eigenvalue weighted by molar-refractivity contribution is 7.64. The lowest BCUT2D eigenvalue weighted by molar-refractivity contribution is 0.258. The van der Waals surface area contributed by atoms with Crippen molar-refractivity contribution in [2.75, 3.05) is 0 Å². The van der Waals surface area contributed by atoms with Crippen LogP contribution in [-0.2, 0) is 4.43 Å². The Balaban J connectivity index is 3.45. The summed E-state index contributed by atoms with van der Waals surface area (Å²) in [6.07, 6.45) is 4.59. The average molecular weight is 338 g/mol. The second kappa shape index (κ2) is 7.82. The standard InChI is InChI=1S/C9H23Cl3OSi3/c1-15(2,3)13-9(14)7-5-4-6-8-16(10,11)12/h9H,4-8H2,1-3,14H3. The van der Waals surface area contributed by atoms with Crippen LogP contribution in [0.25, 0.3) is 0 Å². The molecule has 0 heterocycles. The van der Waals surface area contributed by atoms with Crippen molar-refractivity contribution >= 4 is 57.8 Å². The second-order valence-corrected chi connectivity index (χ2v) is 20.3. The highest BCUT2D eigenvalue weighted by atomic mass is 35.8. The summed E-state index contributed by atoms with van der Waals surface area (Å²) in [5.74, 6) is 0. The molecule has 0 aliphatic rings. The fourth-order valence-corrected chi connectivity index (χ4v) is 7.30. The summed E-state index contributed by atoms with van der Waals surface area (Å²) in [5, 5.41) is 0. The van der Waals surface area contributed by atoms with E-state index in [9.17, 15) is 0 Å². The van der Waals surface area contributed by atoms with Gasteiger partial charge in [0.1, 0.15) is 0 Å². The predicted molar refractivity (Wildman–Crippen MR) is 84.7 cm³/mol. The Labute approximate surface area is 119 Å². The van der Waals surface area contributed by atoms with E-state index in [-0.39, 0.29) is 0 Å².